The number of likely N-dealkylation sites (N-methyl/N-ethyl adjacent to an activating group) is 1. The predicted octanol–water partition coefficient (Wildman–Crippen LogP) is 5.53. The van der Waals surface area contributed by atoms with E-state index in [9.17, 15) is 9.18 Å². The molecule has 36 heavy (non-hydrogen) atoms. The number of halogens is 2. The Hall–Kier alpha value is -2.41. The van der Waals surface area contributed by atoms with Crippen molar-refractivity contribution >= 4 is 23.5 Å². The SMILES string of the molecule is CN(C(=O)Cc1ccc(OCC[C@@H]2C[C@@H]2C2CCN(c3ncc(Cl)cn3)CC2)cc1F)C1CCCC1. The van der Waals surface area contributed by atoms with Gasteiger partial charge in [0.15, 0.2) is 0 Å². The molecule has 0 spiro atoms. The van der Waals surface area contributed by atoms with Gasteiger partial charge in [-0.2, -0.15) is 0 Å². The smallest absolute Gasteiger partial charge is 0.227 e. The second kappa shape index (κ2) is 11.3. The van der Waals surface area contributed by atoms with Gasteiger partial charge in [0.05, 0.1) is 30.4 Å². The zero-order valence-corrected chi connectivity index (χ0v) is 21.8. The standard InChI is InChI=1S/C28H36ClFN4O2/c1-33(23-4-2-3-5-23)27(35)15-21-6-7-24(16-26(21)30)36-13-10-20-14-25(20)19-8-11-34(12-9-19)28-31-17-22(29)18-32-28/h6-7,16-20,23,25H,2-5,8-15H2,1H3/t20-,25-/m1/s1. The number of hydrogen-bond acceptors (Lipinski definition) is 5. The normalized spacial score (nSPS) is 22.6. The van der Waals surface area contributed by atoms with E-state index < -0.39 is 0 Å². The minimum atomic E-state index is -0.360. The van der Waals surface area contributed by atoms with E-state index in [0.717, 1.165) is 63.0 Å². The number of carbonyl (C=O) groups excluding carboxylic acids is 1. The molecule has 194 valence electrons. The van der Waals surface area contributed by atoms with Crippen LogP contribution in [-0.2, 0) is 11.2 Å². The summed E-state index contributed by atoms with van der Waals surface area (Å²) in [5.41, 5.74) is 0.440. The number of piperidine rings is 1. The number of rotatable bonds is 9. The van der Waals surface area contributed by atoms with Crippen LogP contribution in [0.5, 0.6) is 5.75 Å². The highest BCUT2D eigenvalue weighted by Crippen LogP contribution is 2.49. The molecule has 0 radical (unpaired) electrons. The van der Waals surface area contributed by atoms with Crippen molar-refractivity contribution in [2.75, 3.05) is 31.6 Å². The molecule has 1 aromatic carbocycles. The molecule has 0 unspecified atom stereocenters. The second-order valence-electron chi connectivity index (χ2n) is 10.7. The van der Waals surface area contributed by atoms with Gasteiger partial charge < -0.3 is 14.5 Å². The molecule has 8 heteroatoms. The van der Waals surface area contributed by atoms with Crippen molar-refractivity contribution in [3.63, 3.8) is 0 Å². The number of carbonyl (C=O) groups is 1. The molecule has 2 atom stereocenters. The number of nitrogens with zero attached hydrogens (tertiary/aromatic N) is 4. The van der Waals surface area contributed by atoms with Crippen LogP contribution >= 0.6 is 11.6 Å². The van der Waals surface area contributed by atoms with E-state index in [1.54, 1.807) is 29.4 Å². The number of benzene rings is 1. The van der Waals surface area contributed by atoms with Crippen molar-refractivity contribution in [3.05, 3.63) is 47.0 Å². The number of amides is 1. The Morgan fingerprint density at radius 3 is 2.58 bits per heavy atom. The van der Waals surface area contributed by atoms with Gasteiger partial charge in [-0.15, -0.1) is 0 Å². The van der Waals surface area contributed by atoms with Crippen LogP contribution in [0.3, 0.4) is 0 Å². The van der Waals surface area contributed by atoms with Gasteiger partial charge in [-0.1, -0.05) is 30.5 Å². The van der Waals surface area contributed by atoms with Gasteiger partial charge in [-0.3, -0.25) is 4.79 Å². The van der Waals surface area contributed by atoms with E-state index in [-0.39, 0.29) is 18.1 Å². The predicted molar refractivity (Wildman–Crippen MR) is 139 cm³/mol. The molecule has 1 aliphatic heterocycles. The molecule has 2 heterocycles. The molecule has 2 aliphatic carbocycles. The van der Waals surface area contributed by atoms with Crippen molar-refractivity contribution in [2.24, 2.45) is 17.8 Å². The third-order valence-electron chi connectivity index (χ3n) is 8.40. The lowest BCUT2D eigenvalue weighted by molar-refractivity contribution is -0.131. The first-order chi connectivity index (χ1) is 17.5. The summed E-state index contributed by atoms with van der Waals surface area (Å²) in [4.78, 5) is 25.3. The molecule has 1 amide bonds. The summed E-state index contributed by atoms with van der Waals surface area (Å²) in [7, 11) is 1.84. The Morgan fingerprint density at radius 1 is 1.17 bits per heavy atom. The second-order valence-corrected chi connectivity index (χ2v) is 11.1. The number of anilines is 1. The Bertz CT molecular complexity index is 1040. The summed E-state index contributed by atoms with van der Waals surface area (Å²) in [5, 5.41) is 0.563. The highest BCUT2D eigenvalue weighted by atomic mass is 35.5. The maximum absolute atomic E-state index is 14.7. The average Bonchev–Trinajstić information content (AvgIpc) is 3.44. The number of hydrogen-bond donors (Lipinski definition) is 0. The van der Waals surface area contributed by atoms with Crippen molar-refractivity contribution in [2.45, 2.75) is 63.8 Å². The van der Waals surface area contributed by atoms with Gasteiger partial charge in [-0.05, 0) is 67.9 Å². The number of aromatic nitrogens is 2. The first-order valence-electron chi connectivity index (χ1n) is 13.4. The van der Waals surface area contributed by atoms with Crippen molar-refractivity contribution in [1.29, 1.82) is 0 Å². The van der Waals surface area contributed by atoms with Crippen LogP contribution in [-0.4, -0.2) is 53.6 Å². The largest absolute Gasteiger partial charge is 0.493 e. The van der Waals surface area contributed by atoms with Crippen LogP contribution in [0, 0.1) is 23.6 Å². The fourth-order valence-corrected chi connectivity index (χ4v) is 6.15. The van der Waals surface area contributed by atoms with Crippen molar-refractivity contribution in [3.8, 4) is 5.75 Å². The zero-order valence-electron chi connectivity index (χ0n) is 21.0. The summed E-state index contributed by atoms with van der Waals surface area (Å²) < 4.78 is 20.5. The van der Waals surface area contributed by atoms with E-state index in [0.29, 0.717) is 34.9 Å². The Morgan fingerprint density at radius 2 is 1.89 bits per heavy atom. The third-order valence-corrected chi connectivity index (χ3v) is 8.60. The molecular weight excluding hydrogens is 479 g/mol. The van der Waals surface area contributed by atoms with E-state index >= 15 is 0 Å². The molecule has 6 nitrogen and oxygen atoms in total. The van der Waals surface area contributed by atoms with E-state index in [2.05, 4.69) is 14.9 Å². The van der Waals surface area contributed by atoms with E-state index in [4.69, 9.17) is 16.3 Å². The van der Waals surface area contributed by atoms with E-state index in [1.165, 1.54) is 25.3 Å². The van der Waals surface area contributed by atoms with Gasteiger partial charge >= 0.3 is 0 Å². The molecule has 1 aromatic heterocycles. The minimum Gasteiger partial charge on any atom is -0.493 e. The maximum Gasteiger partial charge on any atom is 0.227 e. The fraction of sp³-hybridized carbons (Fsp3) is 0.607. The summed E-state index contributed by atoms with van der Waals surface area (Å²) >= 11 is 5.90. The van der Waals surface area contributed by atoms with Gasteiger partial charge in [0.2, 0.25) is 11.9 Å². The third kappa shape index (κ3) is 6.10. The first kappa shape index (κ1) is 25.2. The van der Waals surface area contributed by atoms with Gasteiger partial charge in [0, 0.05) is 32.2 Å². The summed E-state index contributed by atoms with van der Waals surface area (Å²) in [6.07, 6.45) is 12.4. The molecule has 3 fully saturated rings. The molecule has 0 bridgehead atoms. The minimum absolute atomic E-state index is 0.0132. The highest BCUT2D eigenvalue weighted by molar-refractivity contribution is 6.30. The quantitative estimate of drug-likeness (QED) is 0.440. The topological polar surface area (TPSA) is 58.6 Å². The van der Waals surface area contributed by atoms with Crippen molar-refractivity contribution < 1.29 is 13.9 Å². The molecule has 2 saturated carbocycles. The summed E-state index contributed by atoms with van der Waals surface area (Å²) in [6.45, 7) is 2.56. The monoisotopic (exact) mass is 514 g/mol. The summed E-state index contributed by atoms with van der Waals surface area (Å²) in [5.74, 6) is 3.14. The fourth-order valence-electron chi connectivity index (χ4n) is 6.05. The van der Waals surface area contributed by atoms with Crippen LogP contribution in [0.15, 0.2) is 30.6 Å². The molecule has 1 saturated heterocycles. The van der Waals surface area contributed by atoms with E-state index in [1.807, 2.05) is 7.05 Å². The molecule has 3 aliphatic rings. The van der Waals surface area contributed by atoms with Crippen molar-refractivity contribution in [1.82, 2.24) is 14.9 Å². The maximum atomic E-state index is 14.7. The van der Waals surface area contributed by atoms with Gasteiger partial charge in [0.1, 0.15) is 11.6 Å². The molecule has 5 rings (SSSR count). The molecule has 2 aromatic rings. The van der Waals surface area contributed by atoms with Crippen LogP contribution in [0.1, 0.15) is 56.9 Å². The average molecular weight is 515 g/mol. The van der Waals surface area contributed by atoms with Crippen LogP contribution in [0.2, 0.25) is 5.02 Å². The molecule has 0 N–H and O–H groups in total. The zero-order chi connectivity index (χ0) is 25.1. The molecular formula is C28H36ClFN4O2. The Labute approximate surface area is 218 Å². The van der Waals surface area contributed by atoms with Crippen LogP contribution in [0.25, 0.3) is 0 Å². The van der Waals surface area contributed by atoms with Crippen LogP contribution in [0.4, 0.5) is 10.3 Å². The lowest BCUT2D eigenvalue weighted by Gasteiger charge is -2.32. The lowest BCUT2D eigenvalue weighted by atomic mass is 9.90. The first-order valence-corrected chi connectivity index (χ1v) is 13.7. The van der Waals surface area contributed by atoms with Gasteiger partial charge in [-0.25, -0.2) is 14.4 Å². The summed E-state index contributed by atoms with van der Waals surface area (Å²) in [6, 6.07) is 5.22. The van der Waals surface area contributed by atoms with Crippen LogP contribution < -0.4 is 9.64 Å². The number of ether oxygens (including phenoxy) is 1. The lowest BCUT2D eigenvalue weighted by Crippen LogP contribution is -2.36. The Kier molecular flexibility index (Phi) is 7.94. The van der Waals surface area contributed by atoms with Gasteiger partial charge in [0.25, 0.3) is 0 Å². The Balaban J connectivity index is 1.02. The highest BCUT2D eigenvalue weighted by Gasteiger charge is 2.43.